The van der Waals surface area contributed by atoms with Crippen LogP contribution in [0.25, 0.3) is 0 Å². The molecule has 0 spiro atoms. The molecule has 0 fully saturated rings. The Labute approximate surface area is 99.5 Å². The first kappa shape index (κ1) is 10.2. The summed E-state index contributed by atoms with van der Waals surface area (Å²) in [6.45, 7) is 0. The average molecular weight is 224 g/mol. The number of aliphatic hydroxyl groups is 1. The highest BCUT2D eigenvalue weighted by Gasteiger charge is 2.45. The van der Waals surface area contributed by atoms with Crippen LogP contribution < -0.4 is 0 Å². The Kier molecular flexibility index (Phi) is 2.13. The summed E-state index contributed by atoms with van der Waals surface area (Å²) in [6, 6.07) is 16.6. The zero-order valence-electron chi connectivity index (χ0n) is 9.26. The van der Waals surface area contributed by atoms with Gasteiger partial charge in [-0.25, -0.2) is 0 Å². The average Bonchev–Trinajstić information content (AvgIpc) is 2.64. The third kappa shape index (κ3) is 1.34. The predicted octanol–water partition coefficient (Wildman–Crippen LogP) is 2.05. The molecule has 3 rings (SSSR count). The molecule has 0 radical (unpaired) electrons. The van der Waals surface area contributed by atoms with Crippen molar-refractivity contribution in [1.29, 1.82) is 0 Å². The molecule has 2 aromatic carbocycles. The quantitative estimate of drug-likeness (QED) is 0.805. The Morgan fingerprint density at radius 2 is 1.59 bits per heavy atom. The first-order valence-corrected chi connectivity index (χ1v) is 5.62. The van der Waals surface area contributed by atoms with Gasteiger partial charge in [0, 0.05) is 6.42 Å². The summed E-state index contributed by atoms with van der Waals surface area (Å²) < 4.78 is 0. The van der Waals surface area contributed by atoms with Crippen LogP contribution in [0.5, 0.6) is 0 Å². The van der Waals surface area contributed by atoms with E-state index >= 15 is 0 Å². The molecule has 0 amide bonds. The molecule has 0 bridgehead atoms. The maximum absolute atomic E-state index is 12.1. The Balaban J connectivity index is 2.24. The van der Waals surface area contributed by atoms with Crippen molar-refractivity contribution < 1.29 is 9.90 Å². The molecular weight excluding hydrogens is 212 g/mol. The highest BCUT2D eigenvalue weighted by Crippen LogP contribution is 2.39. The molecule has 1 aliphatic carbocycles. The Hall–Kier alpha value is -1.93. The molecule has 0 saturated heterocycles. The Morgan fingerprint density at radius 3 is 2.35 bits per heavy atom. The lowest BCUT2D eigenvalue weighted by Gasteiger charge is -2.22. The van der Waals surface area contributed by atoms with Crippen LogP contribution in [0.3, 0.4) is 0 Å². The number of hydrogen-bond donors (Lipinski definition) is 1. The fourth-order valence-electron chi connectivity index (χ4n) is 2.47. The standard InChI is InChI=1S/C15H12O2/c16-14-10-11-6-4-5-9-13(11)15(14,17)12-7-2-1-3-8-12/h1-9,17H,10H2/t15-/m1/s1. The number of Topliss-reactive ketones (excluding diaryl/α,β-unsaturated/α-hetero) is 1. The van der Waals surface area contributed by atoms with E-state index in [1.807, 2.05) is 42.5 Å². The van der Waals surface area contributed by atoms with Crippen LogP contribution in [0.15, 0.2) is 54.6 Å². The summed E-state index contributed by atoms with van der Waals surface area (Å²) >= 11 is 0. The minimum absolute atomic E-state index is 0.148. The van der Waals surface area contributed by atoms with Crippen LogP contribution in [-0.2, 0) is 16.8 Å². The molecule has 0 aromatic heterocycles. The molecule has 1 atom stereocenters. The van der Waals surface area contributed by atoms with Gasteiger partial charge in [-0.05, 0) is 16.7 Å². The van der Waals surface area contributed by atoms with Gasteiger partial charge in [0.05, 0.1) is 0 Å². The molecule has 0 saturated carbocycles. The Morgan fingerprint density at radius 1 is 0.941 bits per heavy atom. The normalized spacial score (nSPS) is 22.5. The molecule has 84 valence electrons. The van der Waals surface area contributed by atoms with Crippen LogP contribution in [-0.4, -0.2) is 10.9 Å². The van der Waals surface area contributed by atoms with Crippen molar-refractivity contribution in [3.63, 3.8) is 0 Å². The highest BCUT2D eigenvalue weighted by molar-refractivity contribution is 5.97. The van der Waals surface area contributed by atoms with Crippen LogP contribution in [0.4, 0.5) is 0 Å². The van der Waals surface area contributed by atoms with Gasteiger partial charge in [-0.1, -0.05) is 54.6 Å². The number of ketones is 1. The molecule has 1 aliphatic rings. The fourth-order valence-corrected chi connectivity index (χ4v) is 2.47. The zero-order chi connectivity index (χ0) is 11.9. The second kappa shape index (κ2) is 3.54. The van der Waals surface area contributed by atoms with E-state index in [0.717, 1.165) is 11.1 Å². The van der Waals surface area contributed by atoms with Crippen LogP contribution in [0, 0.1) is 0 Å². The van der Waals surface area contributed by atoms with Gasteiger partial charge in [0.25, 0.3) is 0 Å². The van der Waals surface area contributed by atoms with Crippen LogP contribution in [0.1, 0.15) is 16.7 Å². The van der Waals surface area contributed by atoms with Gasteiger partial charge in [0.2, 0.25) is 0 Å². The Bertz CT molecular complexity index is 574. The van der Waals surface area contributed by atoms with Crippen molar-refractivity contribution in [2.24, 2.45) is 0 Å². The maximum atomic E-state index is 12.1. The van der Waals surface area contributed by atoms with Crippen molar-refractivity contribution in [2.45, 2.75) is 12.0 Å². The number of benzene rings is 2. The monoisotopic (exact) mass is 224 g/mol. The molecule has 0 heterocycles. The first-order valence-electron chi connectivity index (χ1n) is 5.62. The zero-order valence-corrected chi connectivity index (χ0v) is 9.26. The lowest BCUT2D eigenvalue weighted by molar-refractivity contribution is -0.131. The minimum atomic E-state index is -1.46. The molecule has 2 aromatic rings. The minimum Gasteiger partial charge on any atom is -0.373 e. The van der Waals surface area contributed by atoms with Gasteiger partial charge in [0.1, 0.15) is 0 Å². The number of hydrogen-bond acceptors (Lipinski definition) is 2. The van der Waals surface area contributed by atoms with E-state index in [0.29, 0.717) is 12.0 Å². The van der Waals surface area contributed by atoms with Crippen molar-refractivity contribution in [3.05, 3.63) is 71.3 Å². The van der Waals surface area contributed by atoms with Crippen molar-refractivity contribution in [3.8, 4) is 0 Å². The number of fused-ring (bicyclic) bond motifs is 1. The third-order valence-electron chi connectivity index (χ3n) is 3.35. The third-order valence-corrected chi connectivity index (χ3v) is 3.35. The van der Waals surface area contributed by atoms with E-state index in [1.165, 1.54) is 0 Å². The van der Waals surface area contributed by atoms with Gasteiger partial charge >= 0.3 is 0 Å². The van der Waals surface area contributed by atoms with Crippen LogP contribution >= 0.6 is 0 Å². The molecule has 2 nitrogen and oxygen atoms in total. The van der Waals surface area contributed by atoms with Gasteiger partial charge in [-0.3, -0.25) is 4.79 Å². The number of rotatable bonds is 1. The van der Waals surface area contributed by atoms with Crippen LogP contribution in [0.2, 0.25) is 0 Å². The van der Waals surface area contributed by atoms with E-state index in [1.54, 1.807) is 12.1 Å². The molecule has 0 unspecified atom stereocenters. The van der Waals surface area contributed by atoms with Crippen molar-refractivity contribution >= 4 is 5.78 Å². The SMILES string of the molecule is O=C1Cc2ccccc2[C@]1(O)c1ccccc1. The van der Waals surface area contributed by atoms with Crippen molar-refractivity contribution in [1.82, 2.24) is 0 Å². The predicted molar refractivity (Wildman–Crippen MR) is 64.6 cm³/mol. The second-order valence-corrected chi connectivity index (χ2v) is 4.33. The lowest BCUT2D eigenvalue weighted by atomic mass is 9.87. The van der Waals surface area contributed by atoms with E-state index in [9.17, 15) is 9.90 Å². The van der Waals surface area contributed by atoms with E-state index in [4.69, 9.17) is 0 Å². The van der Waals surface area contributed by atoms with E-state index < -0.39 is 5.60 Å². The summed E-state index contributed by atoms with van der Waals surface area (Å²) in [6.07, 6.45) is 0.307. The fraction of sp³-hybridized carbons (Fsp3) is 0.133. The van der Waals surface area contributed by atoms with Gasteiger partial charge < -0.3 is 5.11 Å². The smallest absolute Gasteiger partial charge is 0.177 e. The molecule has 1 N–H and O–H groups in total. The summed E-state index contributed by atoms with van der Waals surface area (Å²) in [5.41, 5.74) is 0.827. The summed E-state index contributed by atoms with van der Waals surface area (Å²) in [5.74, 6) is -0.148. The summed E-state index contributed by atoms with van der Waals surface area (Å²) in [5, 5.41) is 10.7. The molecule has 2 heteroatoms. The topological polar surface area (TPSA) is 37.3 Å². The van der Waals surface area contributed by atoms with E-state index in [-0.39, 0.29) is 5.78 Å². The largest absolute Gasteiger partial charge is 0.373 e. The summed E-state index contributed by atoms with van der Waals surface area (Å²) in [4.78, 5) is 12.1. The van der Waals surface area contributed by atoms with Gasteiger partial charge in [-0.2, -0.15) is 0 Å². The number of carbonyl (C=O) groups excluding carboxylic acids is 1. The molecule has 17 heavy (non-hydrogen) atoms. The maximum Gasteiger partial charge on any atom is 0.177 e. The second-order valence-electron chi connectivity index (χ2n) is 4.33. The highest BCUT2D eigenvalue weighted by atomic mass is 16.3. The van der Waals surface area contributed by atoms with Crippen molar-refractivity contribution in [2.75, 3.05) is 0 Å². The lowest BCUT2D eigenvalue weighted by Crippen LogP contribution is -2.32. The molecular formula is C15H12O2. The van der Waals surface area contributed by atoms with Gasteiger partial charge in [-0.15, -0.1) is 0 Å². The summed E-state index contributed by atoms with van der Waals surface area (Å²) in [7, 11) is 0. The first-order chi connectivity index (χ1) is 8.23. The van der Waals surface area contributed by atoms with E-state index in [2.05, 4.69) is 0 Å². The molecule has 0 aliphatic heterocycles. The van der Waals surface area contributed by atoms with Gasteiger partial charge in [0.15, 0.2) is 11.4 Å². The number of carbonyl (C=O) groups is 1.